The number of hydrogen-bond acceptors (Lipinski definition) is 11. The van der Waals surface area contributed by atoms with Gasteiger partial charge in [0.05, 0.1) is 25.0 Å². The third-order valence-corrected chi connectivity index (χ3v) is 9.27. The number of fused-ring (bicyclic) bond motifs is 1. The molecule has 2 aromatic heterocycles. The molecule has 234 valence electrons. The highest BCUT2D eigenvalue weighted by atomic mass is 35.5. The Hall–Kier alpha value is -3.54. The molecule has 5 rings (SSSR count). The Morgan fingerprint density at radius 1 is 1.16 bits per heavy atom. The zero-order chi connectivity index (χ0) is 31.3. The molecule has 0 radical (unpaired) electrons. The van der Waals surface area contributed by atoms with Crippen LogP contribution in [-0.2, 0) is 30.0 Å². The monoisotopic (exact) mass is 643 g/mol. The van der Waals surface area contributed by atoms with Gasteiger partial charge < -0.3 is 24.8 Å². The third kappa shape index (κ3) is 7.75. The fourth-order valence-corrected chi connectivity index (χ4v) is 7.44. The van der Waals surface area contributed by atoms with Crippen LogP contribution in [0.5, 0.6) is 5.75 Å². The molecule has 5 atom stereocenters. The molecule has 3 heterocycles. The second-order valence-electron chi connectivity index (χ2n) is 11.0. The van der Waals surface area contributed by atoms with Crippen LogP contribution in [0, 0.1) is 11.8 Å². The second-order valence-corrected chi connectivity index (χ2v) is 13.3. The SMILES string of the molecule is CC(C)C[C@H](CP(=O)(Oc1ccccc1)OC1C[C@H](n2cnc3c(N)nc(Cl)nc32)O[C@@H]1CO)C(=O)OCc1ccccc1. The maximum Gasteiger partial charge on any atom is 0.380 e. The minimum Gasteiger partial charge on any atom is -0.461 e. The van der Waals surface area contributed by atoms with Crippen LogP contribution in [0.4, 0.5) is 5.82 Å². The van der Waals surface area contributed by atoms with Gasteiger partial charge in [0.25, 0.3) is 0 Å². The average molecular weight is 644 g/mol. The lowest BCUT2D eigenvalue weighted by atomic mass is 9.99. The van der Waals surface area contributed by atoms with Gasteiger partial charge in [0.15, 0.2) is 11.5 Å². The summed E-state index contributed by atoms with van der Waals surface area (Å²) >= 11 is 6.04. The molecule has 1 fully saturated rings. The molecule has 2 aromatic carbocycles. The Morgan fingerprint density at radius 3 is 2.55 bits per heavy atom. The molecule has 0 saturated carbocycles. The predicted octanol–water partition coefficient (Wildman–Crippen LogP) is 5.40. The largest absolute Gasteiger partial charge is 0.461 e. The van der Waals surface area contributed by atoms with E-state index in [0.29, 0.717) is 23.3 Å². The maximum atomic E-state index is 14.6. The first-order valence-electron chi connectivity index (χ1n) is 14.3. The molecule has 1 aliphatic rings. The summed E-state index contributed by atoms with van der Waals surface area (Å²) in [6.07, 6.45) is -0.641. The number of esters is 1. The van der Waals surface area contributed by atoms with Crippen LogP contribution in [0.15, 0.2) is 67.0 Å². The summed E-state index contributed by atoms with van der Waals surface area (Å²) < 4.78 is 40.2. The van der Waals surface area contributed by atoms with E-state index in [1.54, 1.807) is 34.9 Å². The van der Waals surface area contributed by atoms with Gasteiger partial charge in [0.1, 0.15) is 36.3 Å². The molecule has 1 aliphatic heterocycles. The van der Waals surface area contributed by atoms with E-state index in [-0.39, 0.29) is 36.2 Å². The van der Waals surface area contributed by atoms with Crippen LogP contribution in [0.3, 0.4) is 0 Å². The summed E-state index contributed by atoms with van der Waals surface area (Å²) in [6, 6.07) is 17.9. The zero-order valence-corrected chi connectivity index (χ0v) is 26.0. The van der Waals surface area contributed by atoms with Crippen LogP contribution < -0.4 is 10.3 Å². The lowest BCUT2D eigenvalue weighted by Gasteiger charge is -2.27. The molecule has 3 N–H and O–H groups in total. The smallest absolute Gasteiger partial charge is 0.380 e. The number of benzene rings is 2. The number of ether oxygens (including phenoxy) is 2. The first-order valence-corrected chi connectivity index (χ1v) is 16.4. The lowest BCUT2D eigenvalue weighted by Crippen LogP contribution is -2.30. The highest BCUT2D eigenvalue weighted by Crippen LogP contribution is 2.54. The summed E-state index contributed by atoms with van der Waals surface area (Å²) in [4.78, 5) is 25.8. The highest BCUT2D eigenvalue weighted by Gasteiger charge is 2.44. The third-order valence-electron chi connectivity index (χ3n) is 7.13. The van der Waals surface area contributed by atoms with E-state index in [2.05, 4.69) is 15.0 Å². The van der Waals surface area contributed by atoms with Crippen molar-refractivity contribution in [2.75, 3.05) is 18.5 Å². The van der Waals surface area contributed by atoms with E-state index in [1.807, 2.05) is 44.2 Å². The highest BCUT2D eigenvalue weighted by molar-refractivity contribution is 7.54. The van der Waals surface area contributed by atoms with Crippen molar-refractivity contribution in [3.63, 3.8) is 0 Å². The summed E-state index contributed by atoms with van der Waals surface area (Å²) in [5.74, 6) is -0.760. The molecular weight excluding hydrogens is 609 g/mol. The number of imidazole rings is 1. The number of nitrogens with zero attached hydrogens (tertiary/aromatic N) is 4. The van der Waals surface area contributed by atoms with Crippen LogP contribution in [0.25, 0.3) is 11.2 Å². The van der Waals surface area contributed by atoms with Crippen molar-refractivity contribution in [2.45, 2.75) is 51.7 Å². The number of halogens is 1. The van der Waals surface area contributed by atoms with Gasteiger partial charge >= 0.3 is 13.6 Å². The Bertz CT molecular complexity index is 1610. The van der Waals surface area contributed by atoms with Crippen molar-refractivity contribution >= 4 is 42.1 Å². The fourth-order valence-electron chi connectivity index (χ4n) is 5.15. The molecule has 1 saturated heterocycles. The van der Waals surface area contributed by atoms with Crippen molar-refractivity contribution in [1.82, 2.24) is 19.5 Å². The summed E-state index contributed by atoms with van der Waals surface area (Å²) in [6.45, 7) is 3.60. The van der Waals surface area contributed by atoms with E-state index in [1.165, 1.54) is 6.33 Å². The van der Waals surface area contributed by atoms with Crippen molar-refractivity contribution in [2.24, 2.45) is 11.8 Å². The number of carbonyl (C=O) groups is 1. The van der Waals surface area contributed by atoms with Crippen molar-refractivity contribution in [3.05, 3.63) is 77.8 Å². The van der Waals surface area contributed by atoms with Gasteiger partial charge in [-0.1, -0.05) is 62.4 Å². The minimum atomic E-state index is -4.05. The summed E-state index contributed by atoms with van der Waals surface area (Å²) in [5.41, 5.74) is 7.47. The summed E-state index contributed by atoms with van der Waals surface area (Å²) in [7, 11) is -4.05. The first-order chi connectivity index (χ1) is 21.1. The summed E-state index contributed by atoms with van der Waals surface area (Å²) in [5, 5.41) is 10.1. The standard InChI is InChI=1S/C30H35ClN5O7P/c1-19(2)13-21(29(38)40-16-20-9-5-3-6-10-20)17-44(39,42-22-11-7-4-8-12-22)43-23-14-25(41-24(23)15-37)36-18-33-26-27(32)34-30(31)35-28(26)36/h3-12,18-19,21,23-25,37H,13-17H2,1-2H3,(H2,32,34,35)/t21-,23?,24-,25-,44?/m1/s1. The minimum absolute atomic E-state index is 0.0580. The second kappa shape index (κ2) is 14.0. The van der Waals surface area contributed by atoms with Crippen molar-refractivity contribution < 1.29 is 33.0 Å². The van der Waals surface area contributed by atoms with Crippen molar-refractivity contribution in [1.29, 1.82) is 0 Å². The van der Waals surface area contributed by atoms with E-state index >= 15 is 0 Å². The molecule has 12 nitrogen and oxygen atoms in total. The van der Waals surface area contributed by atoms with Crippen LogP contribution in [0.1, 0.15) is 38.5 Å². The fraction of sp³-hybridized carbons (Fsp3) is 0.400. The van der Waals surface area contributed by atoms with Gasteiger partial charge in [-0.3, -0.25) is 13.9 Å². The number of aliphatic hydroxyl groups is 1. The van der Waals surface area contributed by atoms with Gasteiger partial charge in [0.2, 0.25) is 5.28 Å². The number of hydrogen-bond donors (Lipinski definition) is 2. The van der Waals surface area contributed by atoms with Gasteiger partial charge in [-0.05, 0) is 41.6 Å². The molecule has 14 heteroatoms. The van der Waals surface area contributed by atoms with Crippen LogP contribution in [0.2, 0.25) is 5.28 Å². The molecule has 4 aromatic rings. The normalized spacial score (nSPS) is 20.4. The molecule has 0 spiro atoms. The predicted molar refractivity (Wildman–Crippen MR) is 164 cm³/mol. The van der Waals surface area contributed by atoms with Crippen LogP contribution >= 0.6 is 19.2 Å². The Kier molecular flexibility index (Phi) is 10.2. The van der Waals surface area contributed by atoms with E-state index in [0.717, 1.165) is 5.56 Å². The number of para-hydroxylation sites is 1. The number of aromatic nitrogens is 4. The number of anilines is 1. The molecule has 0 amide bonds. The van der Waals surface area contributed by atoms with Gasteiger partial charge in [-0.25, -0.2) is 9.55 Å². The number of nitrogen functional groups attached to an aromatic ring is 1. The Labute approximate surface area is 260 Å². The van der Waals surface area contributed by atoms with E-state index in [4.69, 9.17) is 35.9 Å². The lowest BCUT2D eigenvalue weighted by molar-refractivity contribution is -0.149. The Morgan fingerprint density at radius 2 is 1.86 bits per heavy atom. The van der Waals surface area contributed by atoms with Crippen molar-refractivity contribution in [3.8, 4) is 5.75 Å². The van der Waals surface area contributed by atoms with Gasteiger partial charge in [0, 0.05) is 6.42 Å². The molecule has 0 bridgehead atoms. The number of aliphatic hydroxyl groups excluding tert-OH is 1. The topological polar surface area (TPSA) is 161 Å². The van der Waals surface area contributed by atoms with E-state index in [9.17, 15) is 14.5 Å². The quantitative estimate of drug-likeness (QED) is 0.109. The number of carbonyl (C=O) groups excluding carboxylic acids is 1. The zero-order valence-electron chi connectivity index (χ0n) is 24.4. The molecular formula is C30H35ClN5O7P. The molecule has 44 heavy (non-hydrogen) atoms. The molecule has 0 aliphatic carbocycles. The Balaban J connectivity index is 1.39. The maximum absolute atomic E-state index is 14.6. The number of nitrogens with two attached hydrogens (primary N) is 1. The first kappa shape index (κ1) is 31.9. The van der Waals surface area contributed by atoms with E-state index < -0.39 is 44.5 Å². The number of rotatable bonds is 13. The van der Waals surface area contributed by atoms with Gasteiger partial charge in [-0.15, -0.1) is 0 Å². The average Bonchev–Trinajstić information content (AvgIpc) is 3.60. The van der Waals surface area contributed by atoms with Crippen LogP contribution in [-0.4, -0.2) is 55.6 Å². The van der Waals surface area contributed by atoms with Gasteiger partial charge in [-0.2, -0.15) is 9.97 Å². The molecule has 2 unspecified atom stereocenters.